The van der Waals surface area contributed by atoms with Crippen LogP contribution in [0, 0.1) is 0 Å². The van der Waals surface area contributed by atoms with Gasteiger partial charge in [-0.3, -0.25) is 0 Å². The van der Waals surface area contributed by atoms with Crippen LogP contribution in [0.5, 0.6) is 0 Å². The second kappa shape index (κ2) is 10.4. The summed E-state index contributed by atoms with van der Waals surface area (Å²) in [7, 11) is 0. The summed E-state index contributed by atoms with van der Waals surface area (Å²) < 4.78 is 12.8. The van der Waals surface area contributed by atoms with Crippen molar-refractivity contribution in [1.29, 1.82) is 0 Å². The molecule has 50 heavy (non-hydrogen) atoms. The van der Waals surface area contributed by atoms with Crippen LogP contribution < -0.4 is 0 Å². The summed E-state index contributed by atoms with van der Waals surface area (Å²) in [6, 6.07) is 59.0. The average molecular weight is 637 g/mol. The number of benzene rings is 9. The van der Waals surface area contributed by atoms with Gasteiger partial charge in [0.25, 0.3) is 0 Å². The molecule has 11 rings (SSSR count). The minimum Gasteiger partial charge on any atom is -0.464 e. The molecule has 2 heteroatoms. The highest BCUT2D eigenvalue weighted by molar-refractivity contribution is 6.27. The van der Waals surface area contributed by atoms with E-state index in [1.807, 2.05) is 6.26 Å². The van der Waals surface area contributed by atoms with E-state index in [2.05, 4.69) is 164 Å². The van der Waals surface area contributed by atoms with Crippen molar-refractivity contribution in [2.75, 3.05) is 0 Å². The summed E-state index contributed by atoms with van der Waals surface area (Å²) in [5.41, 5.74) is 9.87. The van der Waals surface area contributed by atoms with Crippen molar-refractivity contribution in [3.05, 3.63) is 170 Å². The largest absolute Gasteiger partial charge is 0.464 e. The van der Waals surface area contributed by atoms with Gasteiger partial charge in [0.2, 0.25) is 0 Å². The van der Waals surface area contributed by atoms with Crippen LogP contribution in [0.15, 0.2) is 179 Å². The van der Waals surface area contributed by atoms with Crippen LogP contribution >= 0.6 is 0 Å². The molecule has 11 aromatic rings. The molecule has 232 valence electrons. The fourth-order valence-electron chi connectivity index (χ4n) is 8.26. The third kappa shape index (κ3) is 3.90. The maximum Gasteiger partial charge on any atom is 0.143 e. The second-order valence-corrected chi connectivity index (χ2v) is 13.2. The summed E-state index contributed by atoms with van der Waals surface area (Å²) in [6.45, 7) is 0. The number of rotatable bonds is 3. The van der Waals surface area contributed by atoms with E-state index in [0.717, 1.165) is 43.9 Å². The van der Waals surface area contributed by atoms with E-state index >= 15 is 0 Å². The van der Waals surface area contributed by atoms with E-state index in [1.165, 1.54) is 65.5 Å². The van der Waals surface area contributed by atoms with E-state index in [0.29, 0.717) is 0 Å². The molecule has 2 aromatic heterocycles. The molecule has 0 N–H and O–H groups in total. The smallest absolute Gasteiger partial charge is 0.143 e. The number of fused-ring (bicyclic) bond motifs is 9. The number of hydrogen-bond acceptors (Lipinski definition) is 2. The second-order valence-electron chi connectivity index (χ2n) is 13.2. The van der Waals surface area contributed by atoms with Crippen LogP contribution in [0.4, 0.5) is 0 Å². The molecule has 0 saturated carbocycles. The Morgan fingerprint density at radius 3 is 1.74 bits per heavy atom. The maximum absolute atomic E-state index is 6.51. The summed E-state index contributed by atoms with van der Waals surface area (Å²) in [4.78, 5) is 0. The van der Waals surface area contributed by atoms with Gasteiger partial charge >= 0.3 is 0 Å². The Morgan fingerprint density at radius 2 is 0.960 bits per heavy atom. The first-order valence-corrected chi connectivity index (χ1v) is 17.1. The van der Waals surface area contributed by atoms with Crippen LogP contribution in [0.2, 0.25) is 0 Å². The summed E-state index contributed by atoms with van der Waals surface area (Å²) >= 11 is 0. The number of furan rings is 2. The molecule has 0 bridgehead atoms. The Labute approximate surface area is 287 Å². The Morgan fingerprint density at radius 1 is 0.300 bits per heavy atom. The highest BCUT2D eigenvalue weighted by Crippen LogP contribution is 2.48. The topological polar surface area (TPSA) is 26.3 Å². The fourth-order valence-corrected chi connectivity index (χ4v) is 8.26. The highest BCUT2D eigenvalue weighted by atomic mass is 16.3. The zero-order valence-electron chi connectivity index (χ0n) is 27.0. The molecule has 0 atom stereocenters. The van der Waals surface area contributed by atoms with Crippen LogP contribution in [0.3, 0.4) is 0 Å². The predicted molar refractivity (Wildman–Crippen MR) is 210 cm³/mol. The number of hydrogen-bond donors (Lipinski definition) is 0. The van der Waals surface area contributed by atoms with Gasteiger partial charge in [0.05, 0.1) is 6.26 Å². The van der Waals surface area contributed by atoms with Gasteiger partial charge in [-0.25, -0.2) is 0 Å². The molecule has 0 spiro atoms. The lowest BCUT2D eigenvalue weighted by Crippen LogP contribution is -1.92. The summed E-state index contributed by atoms with van der Waals surface area (Å²) in [6.07, 6.45) is 1.82. The molecule has 0 unspecified atom stereocenters. The van der Waals surface area contributed by atoms with E-state index in [-0.39, 0.29) is 0 Å². The Kier molecular flexibility index (Phi) is 5.70. The molecule has 0 aliphatic heterocycles. The molecule has 2 heterocycles. The van der Waals surface area contributed by atoms with Crippen molar-refractivity contribution in [1.82, 2.24) is 0 Å². The van der Waals surface area contributed by atoms with Crippen molar-refractivity contribution >= 4 is 76.0 Å². The first kappa shape index (κ1) is 27.3. The molecule has 0 amide bonds. The van der Waals surface area contributed by atoms with Gasteiger partial charge in [-0.2, -0.15) is 0 Å². The SMILES string of the molecule is c1ccc(-c2ccc3c(-c4c5ccccc5c(-c5ccc6oc7c8ccccc8ccc7c6c5)c5ccccc45)c4occc4cc3c2)cc1. The van der Waals surface area contributed by atoms with Crippen molar-refractivity contribution in [2.45, 2.75) is 0 Å². The Bertz CT molecular complexity index is 3080. The van der Waals surface area contributed by atoms with Crippen LogP contribution in [-0.2, 0) is 0 Å². The zero-order valence-corrected chi connectivity index (χ0v) is 27.0. The third-order valence-corrected chi connectivity index (χ3v) is 10.5. The van der Waals surface area contributed by atoms with Gasteiger partial charge in [-0.05, 0) is 96.4 Å². The summed E-state index contributed by atoms with van der Waals surface area (Å²) in [5.74, 6) is 0. The van der Waals surface area contributed by atoms with Crippen molar-refractivity contribution in [3.63, 3.8) is 0 Å². The standard InChI is InChI=1S/C48H28O2/c1-2-10-29(11-3-1)31-19-21-35-34(26-31)27-33-24-25-49-47(33)46(35)45-39-16-8-6-14-37(39)44(38-15-7-9-17-40(38)45)32-20-23-43-42(28-32)41-22-18-30-12-4-5-13-36(30)48(41)50-43/h1-28H. The fraction of sp³-hybridized carbons (Fsp3) is 0. The summed E-state index contributed by atoms with van der Waals surface area (Å²) in [5, 5.41) is 12.8. The van der Waals surface area contributed by atoms with Crippen LogP contribution in [0.1, 0.15) is 0 Å². The van der Waals surface area contributed by atoms with E-state index in [1.54, 1.807) is 0 Å². The molecule has 2 nitrogen and oxygen atoms in total. The zero-order chi connectivity index (χ0) is 32.8. The van der Waals surface area contributed by atoms with E-state index < -0.39 is 0 Å². The van der Waals surface area contributed by atoms with Gasteiger partial charge in [-0.1, -0.05) is 127 Å². The molecule has 0 aliphatic carbocycles. The van der Waals surface area contributed by atoms with Crippen LogP contribution in [-0.4, -0.2) is 0 Å². The monoisotopic (exact) mass is 636 g/mol. The van der Waals surface area contributed by atoms with Crippen molar-refractivity contribution in [2.24, 2.45) is 0 Å². The van der Waals surface area contributed by atoms with Crippen molar-refractivity contribution in [3.8, 4) is 33.4 Å². The van der Waals surface area contributed by atoms with Gasteiger partial charge in [0.1, 0.15) is 16.7 Å². The highest BCUT2D eigenvalue weighted by Gasteiger charge is 2.22. The third-order valence-electron chi connectivity index (χ3n) is 10.5. The maximum atomic E-state index is 6.51. The quantitative estimate of drug-likeness (QED) is 0.180. The normalized spacial score (nSPS) is 12.0. The first-order chi connectivity index (χ1) is 24.8. The lowest BCUT2D eigenvalue weighted by Gasteiger charge is -2.19. The minimum absolute atomic E-state index is 0.899. The lowest BCUT2D eigenvalue weighted by atomic mass is 9.83. The minimum atomic E-state index is 0.899. The van der Waals surface area contributed by atoms with Gasteiger partial charge in [0.15, 0.2) is 0 Å². The molecule has 9 aromatic carbocycles. The van der Waals surface area contributed by atoms with Crippen LogP contribution in [0.25, 0.3) is 109 Å². The first-order valence-electron chi connectivity index (χ1n) is 17.1. The Balaban J connectivity index is 1.22. The average Bonchev–Trinajstić information content (AvgIpc) is 3.81. The molecule has 0 radical (unpaired) electrons. The van der Waals surface area contributed by atoms with Gasteiger partial charge in [0, 0.05) is 32.7 Å². The Hall–Kier alpha value is -6.64. The van der Waals surface area contributed by atoms with E-state index in [4.69, 9.17) is 8.83 Å². The lowest BCUT2D eigenvalue weighted by molar-refractivity contribution is 0.617. The molecule has 0 fully saturated rings. The van der Waals surface area contributed by atoms with Gasteiger partial charge < -0.3 is 8.83 Å². The molecule has 0 saturated heterocycles. The molecular weight excluding hydrogens is 609 g/mol. The van der Waals surface area contributed by atoms with E-state index in [9.17, 15) is 0 Å². The van der Waals surface area contributed by atoms with Gasteiger partial charge in [-0.15, -0.1) is 0 Å². The molecule has 0 aliphatic rings. The van der Waals surface area contributed by atoms with Crippen molar-refractivity contribution < 1.29 is 8.83 Å². The predicted octanol–water partition coefficient (Wildman–Crippen LogP) is 13.9. The molecular formula is C48H28O2.